The molecule has 31 heavy (non-hydrogen) atoms. The molecule has 0 aromatic carbocycles. The van der Waals surface area contributed by atoms with E-state index in [2.05, 4.69) is 22.9 Å². The highest BCUT2D eigenvalue weighted by molar-refractivity contribution is 6.00. The van der Waals surface area contributed by atoms with Crippen molar-refractivity contribution >= 4 is 23.5 Å². The Hall–Kier alpha value is -2.04. The number of hydrogen-bond donors (Lipinski definition) is 5. The molecule has 7 N–H and O–H groups in total. The van der Waals surface area contributed by atoms with Crippen LogP contribution in [0.4, 0.5) is 0 Å². The Balaban J connectivity index is 1.74. The second-order valence-electron chi connectivity index (χ2n) is 8.98. The molecule has 10 nitrogen and oxygen atoms in total. The second kappa shape index (κ2) is 10.1. The summed E-state index contributed by atoms with van der Waals surface area (Å²) in [5.74, 6) is -1.14. The van der Waals surface area contributed by atoms with Gasteiger partial charge in [-0.2, -0.15) is 0 Å². The molecule has 0 spiro atoms. The molecular formula is C21H36N6O4. The van der Waals surface area contributed by atoms with Crippen LogP contribution in [0.15, 0.2) is 0 Å². The van der Waals surface area contributed by atoms with E-state index in [1.54, 1.807) is 0 Å². The molecule has 0 bridgehead atoms. The van der Waals surface area contributed by atoms with E-state index in [4.69, 9.17) is 11.5 Å². The zero-order valence-electron chi connectivity index (χ0n) is 18.3. The first-order valence-electron chi connectivity index (χ1n) is 11.5. The largest absolute Gasteiger partial charge is 0.368 e. The van der Waals surface area contributed by atoms with Crippen molar-refractivity contribution in [1.29, 1.82) is 0 Å². The van der Waals surface area contributed by atoms with Gasteiger partial charge in [-0.1, -0.05) is 26.2 Å². The lowest BCUT2D eigenvalue weighted by molar-refractivity contribution is -0.144. The number of carbonyl (C=O) groups excluding carboxylic acids is 4. The fourth-order valence-corrected chi connectivity index (χ4v) is 4.78. The Bertz CT molecular complexity index is 710. The van der Waals surface area contributed by atoms with Crippen LogP contribution >= 0.6 is 0 Å². The molecule has 1 aliphatic carbocycles. The molecule has 0 unspecified atom stereocenters. The van der Waals surface area contributed by atoms with Crippen LogP contribution in [0.25, 0.3) is 0 Å². The van der Waals surface area contributed by atoms with Gasteiger partial charge in [-0.05, 0) is 38.6 Å². The number of carbonyl (C=O) groups is 4. The molecule has 0 aromatic heterocycles. The summed E-state index contributed by atoms with van der Waals surface area (Å²) in [5.41, 5.74) is 10.2. The summed E-state index contributed by atoms with van der Waals surface area (Å²) in [7, 11) is 0. The molecule has 2 saturated heterocycles. The third-order valence-electron chi connectivity index (χ3n) is 6.75. The fourth-order valence-electron chi connectivity index (χ4n) is 4.78. The molecule has 3 amide bonds. The number of amides is 3. The molecule has 0 radical (unpaired) electrons. The monoisotopic (exact) mass is 436 g/mol. The number of nitrogens with two attached hydrogens (primary N) is 2. The number of Topliss-reactive ketones (excluding diaryl/α,β-unsaturated/α-hetero) is 1. The lowest BCUT2D eigenvalue weighted by Gasteiger charge is -2.44. The Kier molecular flexibility index (Phi) is 7.66. The van der Waals surface area contributed by atoms with Gasteiger partial charge in [-0.15, -0.1) is 0 Å². The standard InChI is InChI=1S/C21H36N6O4/c1-2-3-6-13-19(30)25-14(11-24-13)17(28)21(8-9-21)27-12-15(18(23)29)26-20(31)16(27)7-4-5-10-22/h13-16,24H,2-12,22H2,1H3,(H2,23,29)(H,25,30)(H,26,31)/t13-,14+,15+,16-/m0/s1. The van der Waals surface area contributed by atoms with Gasteiger partial charge in [0, 0.05) is 13.1 Å². The first-order chi connectivity index (χ1) is 14.8. The number of ketones is 1. The van der Waals surface area contributed by atoms with E-state index < -0.39 is 29.6 Å². The average molecular weight is 437 g/mol. The summed E-state index contributed by atoms with van der Waals surface area (Å²) in [4.78, 5) is 52.5. The minimum atomic E-state index is -0.839. The van der Waals surface area contributed by atoms with Gasteiger partial charge >= 0.3 is 0 Å². The van der Waals surface area contributed by atoms with Crippen molar-refractivity contribution < 1.29 is 19.2 Å². The van der Waals surface area contributed by atoms with Crippen molar-refractivity contribution in [2.24, 2.45) is 11.5 Å². The van der Waals surface area contributed by atoms with Gasteiger partial charge in [0.1, 0.15) is 12.1 Å². The molecule has 10 heteroatoms. The van der Waals surface area contributed by atoms with Crippen LogP contribution < -0.4 is 27.4 Å². The maximum absolute atomic E-state index is 13.5. The molecule has 1 saturated carbocycles. The van der Waals surface area contributed by atoms with E-state index in [-0.39, 0.29) is 30.2 Å². The molecule has 0 aromatic rings. The molecule has 3 fully saturated rings. The van der Waals surface area contributed by atoms with Crippen LogP contribution in [0, 0.1) is 0 Å². The van der Waals surface area contributed by atoms with Gasteiger partial charge in [-0.25, -0.2) is 0 Å². The second-order valence-corrected chi connectivity index (χ2v) is 8.98. The van der Waals surface area contributed by atoms with Crippen molar-refractivity contribution in [3.05, 3.63) is 0 Å². The minimum Gasteiger partial charge on any atom is -0.368 e. The van der Waals surface area contributed by atoms with Crippen LogP contribution in [0.5, 0.6) is 0 Å². The molecular weight excluding hydrogens is 400 g/mol. The van der Waals surface area contributed by atoms with Crippen molar-refractivity contribution in [2.45, 2.75) is 88.0 Å². The summed E-state index contributed by atoms with van der Waals surface area (Å²) >= 11 is 0. The topological polar surface area (TPSA) is 160 Å². The zero-order chi connectivity index (χ0) is 22.6. The number of nitrogens with zero attached hydrogens (tertiary/aromatic N) is 1. The Morgan fingerprint density at radius 3 is 2.35 bits per heavy atom. The van der Waals surface area contributed by atoms with Crippen molar-refractivity contribution in [3.8, 4) is 0 Å². The van der Waals surface area contributed by atoms with Gasteiger partial charge in [0.2, 0.25) is 17.7 Å². The highest BCUT2D eigenvalue weighted by atomic mass is 16.2. The maximum atomic E-state index is 13.5. The van der Waals surface area contributed by atoms with E-state index in [0.29, 0.717) is 32.4 Å². The smallest absolute Gasteiger partial charge is 0.241 e. The van der Waals surface area contributed by atoms with E-state index in [9.17, 15) is 19.2 Å². The van der Waals surface area contributed by atoms with Gasteiger partial charge in [0.25, 0.3) is 0 Å². The highest BCUT2D eigenvalue weighted by Gasteiger charge is 2.60. The maximum Gasteiger partial charge on any atom is 0.241 e. The number of hydrogen-bond acceptors (Lipinski definition) is 7. The number of nitrogens with one attached hydrogen (secondary N) is 3. The highest BCUT2D eigenvalue weighted by Crippen LogP contribution is 2.46. The summed E-state index contributed by atoms with van der Waals surface area (Å²) in [6, 6.07) is -2.27. The van der Waals surface area contributed by atoms with Crippen LogP contribution in [0.1, 0.15) is 58.3 Å². The van der Waals surface area contributed by atoms with Crippen LogP contribution in [0.3, 0.4) is 0 Å². The number of unbranched alkanes of at least 4 members (excludes halogenated alkanes) is 2. The predicted molar refractivity (Wildman–Crippen MR) is 115 cm³/mol. The third-order valence-corrected chi connectivity index (χ3v) is 6.75. The van der Waals surface area contributed by atoms with Gasteiger partial charge in [0.15, 0.2) is 5.78 Å². The van der Waals surface area contributed by atoms with Crippen LogP contribution in [0.2, 0.25) is 0 Å². The SMILES string of the molecule is CCCC[C@@H]1NC[C@H](C(=O)C2(N3C[C@H](C(N)=O)NC(=O)[C@@H]3CCCCN)CC2)NC1=O. The normalized spacial score (nSPS) is 30.4. The summed E-state index contributed by atoms with van der Waals surface area (Å²) in [6.07, 6.45) is 5.96. The first-order valence-corrected chi connectivity index (χ1v) is 11.5. The summed E-state index contributed by atoms with van der Waals surface area (Å²) in [6.45, 7) is 3.18. The van der Waals surface area contributed by atoms with Gasteiger partial charge in [-0.3, -0.25) is 24.1 Å². The molecule has 2 heterocycles. The number of rotatable bonds is 11. The van der Waals surface area contributed by atoms with Crippen LogP contribution in [-0.2, 0) is 19.2 Å². The molecule has 2 aliphatic heterocycles. The van der Waals surface area contributed by atoms with E-state index >= 15 is 0 Å². The fraction of sp³-hybridized carbons (Fsp3) is 0.810. The Morgan fingerprint density at radius 2 is 1.77 bits per heavy atom. The van der Waals surface area contributed by atoms with Gasteiger partial charge in [0.05, 0.1) is 17.6 Å². The zero-order valence-corrected chi connectivity index (χ0v) is 18.3. The van der Waals surface area contributed by atoms with E-state index in [1.165, 1.54) is 0 Å². The Morgan fingerprint density at radius 1 is 1.06 bits per heavy atom. The minimum absolute atomic E-state index is 0.0935. The van der Waals surface area contributed by atoms with E-state index in [1.807, 2.05) is 4.90 Å². The van der Waals surface area contributed by atoms with E-state index in [0.717, 1.165) is 32.1 Å². The lowest BCUT2D eigenvalue weighted by atomic mass is 9.92. The summed E-state index contributed by atoms with van der Waals surface area (Å²) in [5, 5.41) is 8.79. The third kappa shape index (κ3) is 5.07. The van der Waals surface area contributed by atoms with Gasteiger partial charge < -0.3 is 27.4 Å². The number of primary amides is 1. The predicted octanol–water partition coefficient (Wildman–Crippen LogP) is -1.48. The molecule has 3 aliphatic rings. The van der Waals surface area contributed by atoms with Crippen molar-refractivity contribution in [3.63, 3.8) is 0 Å². The quantitative estimate of drug-likeness (QED) is 0.247. The first kappa shape index (κ1) is 23.6. The Labute approximate surface area is 183 Å². The molecule has 4 atom stereocenters. The molecule has 3 rings (SSSR count). The average Bonchev–Trinajstić information content (AvgIpc) is 3.55. The summed E-state index contributed by atoms with van der Waals surface area (Å²) < 4.78 is 0. The molecule has 174 valence electrons. The van der Waals surface area contributed by atoms with Crippen LogP contribution in [-0.4, -0.2) is 77.7 Å². The lowest BCUT2D eigenvalue weighted by Crippen LogP contribution is -2.70. The van der Waals surface area contributed by atoms with Crippen molar-refractivity contribution in [2.75, 3.05) is 19.6 Å². The van der Waals surface area contributed by atoms with Crippen molar-refractivity contribution in [1.82, 2.24) is 20.9 Å². The number of piperazine rings is 2.